The van der Waals surface area contributed by atoms with Crippen LogP contribution >= 0.6 is 0 Å². The minimum atomic E-state index is -3.25. The summed E-state index contributed by atoms with van der Waals surface area (Å²) in [4.78, 5) is 0. The fourth-order valence-electron chi connectivity index (χ4n) is 1.13. The van der Waals surface area contributed by atoms with E-state index in [0.717, 1.165) is 6.54 Å². The SMILES string of the molecule is CCN[C@H](C)CNS(=O)(=O)C(C)COC. The normalized spacial score (nSPS) is 16.3. The Balaban J connectivity index is 4.04. The van der Waals surface area contributed by atoms with Crippen molar-refractivity contribution in [2.45, 2.75) is 32.1 Å². The molecule has 0 aromatic rings. The average Bonchev–Trinajstić information content (AvgIpc) is 2.16. The molecule has 0 radical (unpaired) electrons. The quantitative estimate of drug-likeness (QED) is 0.621. The van der Waals surface area contributed by atoms with Crippen molar-refractivity contribution in [3.63, 3.8) is 0 Å². The second-order valence-electron chi connectivity index (χ2n) is 3.62. The zero-order valence-electron chi connectivity index (χ0n) is 9.91. The first kappa shape index (κ1) is 14.8. The van der Waals surface area contributed by atoms with E-state index in [4.69, 9.17) is 4.74 Å². The lowest BCUT2D eigenvalue weighted by atomic mass is 10.3. The summed E-state index contributed by atoms with van der Waals surface area (Å²) in [7, 11) is -1.76. The number of hydrogen-bond acceptors (Lipinski definition) is 4. The van der Waals surface area contributed by atoms with Crippen molar-refractivity contribution in [3.8, 4) is 0 Å². The molecule has 0 rings (SSSR count). The maximum atomic E-state index is 11.6. The first-order chi connectivity index (χ1) is 6.94. The Morgan fingerprint density at radius 3 is 2.40 bits per heavy atom. The Morgan fingerprint density at radius 2 is 1.93 bits per heavy atom. The molecule has 0 aliphatic heterocycles. The average molecular weight is 238 g/mol. The van der Waals surface area contributed by atoms with Crippen molar-refractivity contribution in [2.75, 3.05) is 26.8 Å². The van der Waals surface area contributed by atoms with E-state index < -0.39 is 15.3 Å². The van der Waals surface area contributed by atoms with Gasteiger partial charge in [0.2, 0.25) is 10.0 Å². The molecule has 2 N–H and O–H groups in total. The molecular weight excluding hydrogens is 216 g/mol. The lowest BCUT2D eigenvalue weighted by molar-refractivity contribution is 0.200. The van der Waals surface area contributed by atoms with Crippen LogP contribution < -0.4 is 10.0 Å². The maximum Gasteiger partial charge on any atom is 0.216 e. The Labute approximate surface area is 92.6 Å². The van der Waals surface area contributed by atoms with Crippen LogP contribution in [0, 0.1) is 0 Å². The van der Waals surface area contributed by atoms with Gasteiger partial charge in [-0.1, -0.05) is 6.92 Å². The Morgan fingerprint density at radius 1 is 1.33 bits per heavy atom. The Bertz CT molecular complexity index is 254. The second kappa shape index (κ2) is 7.16. The highest BCUT2D eigenvalue weighted by Crippen LogP contribution is 1.98. The molecule has 0 saturated heterocycles. The molecule has 0 aliphatic rings. The molecule has 0 aliphatic carbocycles. The minimum absolute atomic E-state index is 0.138. The number of methoxy groups -OCH3 is 1. The van der Waals surface area contributed by atoms with E-state index >= 15 is 0 Å². The Hall–Kier alpha value is -0.170. The molecular formula is C9H22N2O3S. The lowest BCUT2D eigenvalue weighted by Gasteiger charge is -2.16. The summed E-state index contributed by atoms with van der Waals surface area (Å²) in [6.07, 6.45) is 0. The van der Waals surface area contributed by atoms with Gasteiger partial charge in [-0.05, 0) is 20.4 Å². The molecule has 15 heavy (non-hydrogen) atoms. The number of rotatable bonds is 8. The molecule has 92 valence electrons. The fraction of sp³-hybridized carbons (Fsp3) is 1.00. The molecule has 0 spiro atoms. The molecule has 2 atom stereocenters. The highest BCUT2D eigenvalue weighted by molar-refractivity contribution is 7.90. The molecule has 1 unspecified atom stereocenters. The van der Waals surface area contributed by atoms with E-state index in [-0.39, 0.29) is 12.6 Å². The van der Waals surface area contributed by atoms with Crippen molar-refractivity contribution in [1.82, 2.24) is 10.0 Å². The second-order valence-corrected chi connectivity index (χ2v) is 5.80. The standard InChI is InChI=1S/C9H22N2O3S/c1-5-10-8(2)6-11-15(12,13)9(3)7-14-4/h8-11H,5-7H2,1-4H3/t8-,9?/m1/s1. The maximum absolute atomic E-state index is 11.6. The third-order valence-electron chi connectivity index (χ3n) is 2.07. The van der Waals surface area contributed by atoms with Gasteiger partial charge < -0.3 is 10.1 Å². The van der Waals surface area contributed by atoms with Crippen LogP contribution in [-0.4, -0.2) is 46.5 Å². The summed E-state index contributed by atoms with van der Waals surface area (Å²) >= 11 is 0. The zero-order valence-corrected chi connectivity index (χ0v) is 10.7. The molecule has 0 heterocycles. The van der Waals surface area contributed by atoms with E-state index in [1.165, 1.54) is 7.11 Å². The zero-order chi connectivity index (χ0) is 11.9. The van der Waals surface area contributed by atoms with E-state index in [2.05, 4.69) is 10.0 Å². The van der Waals surface area contributed by atoms with E-state index in [9.17, 15) is 8.42 Å². The van der Waals surface area contributed by atoms with E-state index in [0.29, 0.717) is 6.54 Å². The van der Waals surface area contributed by atoms with Crippen LogP contribution in [0.25, 0.3) is 0 Å². The van der Waals surface area contributed by atoms with Crippen molar-refractivity contribution < 1.29 is 13.2 Å². The monoisotopic (exact) mass is 238 g/mol. The number of sulfonamides is 1. The van der Waals surface area contributed by atoms with Crippen LogP contribution in [0.1, 0.15) is 20.8 Å². The van der Waals surface area contributed by atoms with Crippen molar-refractivity contribution in [3.05, 3.63) is 0 Å². The van der Waals surface area contributed by atoms with Crippen LogP contribution in [0.5, 0.6) is 0 Å². The minimum Gasteiger partial charge on any atom is -0.383 e. The van der Waals surface area contributed by atoms with Gasteiger partial charge >= 0.3 is 0 Å². The van der Waals surface area contributed by atoms with E-state index in [1.807, 2.05) is 13.8 Å². The van der Waals surface area contributed by atoms with Crippen LogP contribution in [0.15, 0.2) is 0 Å². The predicted octanol–water partition coefficient (Wildman–Crippen LogP) is -0.0613. The van der Waals surface area contributed by atoms with Gasteiger partial charge in [-0.2, -0.15) is 0 Å². The molecule has 5 nitrogen and oxygen atoms in total. The van der Waals surface area contributed by atoms with Crippen LogP contribution in [0.3, 0.4) is 0 Å². The Kier molecular flexibility index (Phi) is 7.08. The van der Waals surface area contributed by atoms with Gasteiger partial charge in [-0.3, -0.25) is 0 Å². The van der Waals surface area contributed by atoms with Gasteiger partial charge in [0, 0.05) is 19.7 Å². The summed E-state index contributed by atoms with van der Waals surface area (Å²) in [6.45, 7) is 7.00. The number of hydrogen-bond donors (Lipinski definition) is 2. The molecule has 0 aromatic carbocycles. The third kappa shape index (κ3) is 6.09. The summed E-state index contributed by atoms with van der Waals surface area (Å²) < 4.78 is 30.6. The number of nitrogens with one attached hydrogen (secondary N) is 2. The summed E-state index contributed by atoms with van der Waals surface area (Å²) in [5.74, 6) is 0. The van der Waals surface area contributed by atoms with Crippen LogP contribution in [0.2, 0.25) is 0 Å². The van der Waals surface area contributed by atoms with Crippen LogP contribution in [-0.2, 0) is 14.8 Å². The number of ether oxygens (including phenoxy) is 1. The molecule has 0 aromatic heterocycles. The summed E-state index contributed by atoms with van der Waals surface area (Å²) in [5.41, 5.74) is 0. The molecule has 0 bridgehead atoms. The molecule has 0 saturated carbocycles. The molecule has 6 heteroatoms. The molecule has 0 amide bonds. The topological polar surface area (TPSA) is 67.4 Å². The smallest absolute Gasteiger partial charge is 0.216 e. The van der Waals surface area contributed by atoms with Crippen molar-refractivity contribution in [2.24, 2.45) is 0 Å². The first-order valence-corrected chi connectivity index (χ1v) is 6.69. The van der Waals surface area contributed by atoms with Gasteiger partial charge in [0.1, 0.15) is 0 Å². The van der Waals surface area contributed by atoms with Crippen molar-refractivity contribution >= 4 is 10.0 Å². The summed E-state index contributed by atoms with van der Waals surface area (Å²) in [6, 6.07) is 0.138. The van der Waals surface area contributed by atoms with Gasteiger partial charge in [0.05, 0.1) is 11.9 Å². The highest BCUT2D eigenvalue weighted by atomic mass is 32.2. The largest absolute Gasteiger partial charge is 0.383 e. The van der Waals surface area contributed by atoms with E-state index in [1.54, 1.807) is 6.92 Å². The van der Waals surface area contributed by atoms with Crippen LogP contribution in [0.4, 0.5) is 0 Å². The fourth-order valence-corrected chi connectivity index (χ4v) is 2.21. The van der Waals surface area contributed by atoms with Gasteiger partial charge in [-0.25, -0.2) is 13.1 Å². The first-order valence-electron chi connectivity index (χ1n) is 5.14. The number of likely N-dealkylation sites (N-methyl/N-ethyl adjacent to an activating group) is 1. The highest BCUT2D eigenvalue weighted by Gasteiger charge is 2.20. The molecule has 0 fully saturated rings. The third-order valence-corrected chi connectivity index (χ3v) is 3.84. The summed E-state index contributed by atoms with van der Waals surface area (Å²) in [5, 5.41) is 2.61. The van der Waals surface area contributed by atoms with Crippen molar-refractivity contribution in [1.29, 1.82) is 0 Å². The van der Waals surface area contributed by atoms with Gasteiger partial charge in [0.25, 0.3) is 0 Å². The predicted molar refractivity (Wildman–Crippen MR) is 61.4 cm³/mol. The van der Waals surface area contributed by atoms with Gasteiger partial charge in [-0.15, -0.1) is 0 Å². The van der Waals surface area contributed by atoms with Gasteiger partial charge in [0.15, 0.2) is 0 Å². The lowest BCUT2D eigenvalue weighted by Crippen LogP contribution is -2.42.